The van der Waals surface area contributed by atoms with Crippen molar-refractivity contribution < 1.29 is 8.76 Å². The Kier molecular flexibility index (Phi) is 4.50. The first-order valence-corrected chi connectivity index (χ1v) is 8.12. The minimum Gasteiger partial charge on any atom is -0.768 e. The summed E-state index contributed by atoms with van der Waals surface area (Å²) in [6, 6.07) is 15.0. The van der Waals surface area contributed by atoms with Crippen molar-refractivity contribution in [3.8, 4) is 5.69 Å². The fourth-order valence-electron chi connectivity index (χ4n) is 2.15. The third kappa shape index (κ3) is 3.24. The van der Waals surface area contributed by atoms with Crippen LogP contribution in [-0.4, -0.2) is 18.5 Å². The van der Waals surface area contributed by atoms with Crippen LogP contribution < -0.4 is 5.56 Å². The van der Waals surface area contributed by atoms with E-state index >= 15 is 0 Å². The molecule has 2 aromatic carbocycles. The Labute approximate surface area is 140 Å². The van der Waals surface area contributed by atoms with Gasteiger partial charge >= 0.3 is 0 Å². The molecule has 1 aromatic heterocycles. The normalized spacial score (nSPS) is 12.6. The minimum absolute atomic E-state index is 0.165. The lowest BCUT2D eigenvalue weighted by Gasteiger charge is -2.03. The van der Waals surface area contributed by atoms with E-state index in [1.54, 1.807) is 19.1 Å². The molecule has 0 radical (unpaired) electrons. The number of para-hydroxylation sites is 1. The molecule has 0 saturated heterocycles. The Bertz CT molecular complexity index is 959. The quantitative estimate of drug-likeness (QED) is 0.582. The topological polar surface area (TPSA) is 103 Å². The minimum atomic E-state index is -2.28. The number of rotatable bonds is 4. The number of H-pyrrole nitrogens is 1. The summed E-state index contributed by atoms with van der Waals surface area (Å²) in [6.07, 6.45) is 0. The Morgan fingerprint density at radius 3 is 2.33 bits per heavy atom. The number of aromatic nitrogens is 2. The van der Waals surface area contributed by atoms with Gasteiger partial charge in [0.05, 0.1) is 17.1 Å². The van der Waals surface area contributed by atoms with Gasteiger partial charge in [-0.25, -0.2) is 4.68 Å². The first-order chi connectivity index (χ1) is 11.6. The third-order valence-corrected chi connectivity index (χ3v) is 4.01. The van der Waals surface area contributed by atoms with Gasteiger partial charge in [0.25, 0.3) is 5.56 Å². The van der Waals surface area contributed by atoms with E-state index in [9.17, 15) is 13.6 Å². The van der Waals surface area contributed by atoms with E-state index in [0.29, 0.717) is 17.1 Å². The second-order valence-electron chi connectivity index (χ2n) is 4.99. The number of azo groups is 1. The van der Waals surface area contributed by atoms with Crippen molar-refractivity contribution in [3.05, 3.63) is 70.6 Å². The molecular weight excluding hydrogens is 328 g/mol. The molecule has 1 heterocycles. The van der Waals surface area contributed by atoms with Crippen LogP contribution in [0.15, 0.2) is 74.5 Å². The molecule has 122 valence electrons. The number of nitrogens with zero attached hydrogens (tertiary/aromatic N) is 3. The molecule has 8 heteroatoms. The molecule has 0 spiro atoms. The zero-order valence-electron chi connectivity index (χ0n) is 12.7. The number of hydrogen-bond donors (Lipinski definition) is 1. The highest BCUT2D eigenvalue weighted by Gasteiger charge is 2.11. The summed E-state index contributed by atoms with van der Waals surface area (Å²) < 4.78 is 23.0. The standard InChI is InChI=1S/C16H14N4O3S/c1-11-15(16(21)20(19-11)13-5-3-2-4-6-13)18-17-12-7-9-14(10-8-12)24(22)23/h2-10,19H,1H3,(H,22,23)/p-1. The van der Waals surface area contributed by atoms with Crippen LogP contribution in [0, 0.1) is 6.92 Å². The van der Waals surface area contributed by atoms with E-state index in [-0.39, 0.29) is 16.1 Å². The summed E-state index contributed by atoms with van der Waals surface area (Å²) in [5.74, 6) is 0. The third-order valence-electron chi connectivity index (χ3n) is 3.35. The van der Waals surface area contributed by atoms with Crippen molar-refractivity contribution in [2.24, 2.45) is 10.2 Å². The molecular formula is C16H13N4O3S-. The molecule has 3 rings (SSSR count). The van der Waals surface area contributed by atoms with E-state index in [1.165, 1.54) is 28.9 Å². The fraction of sp³-hybridized carbons (Fsp3) is 0.0625. The van der Waals surface area contributed by atoms with Crippen molar-refractivity contribution in [3.63, 3.8) is 0 Å². The molecule has 0 amide bonds. The Morgan fingerprint density at radius 1 is 1.04 bits per heavy atom. The van der Waals surface area contributed by atoms with Crippen LogP contribution in [0.1, 0.15) is 5.69 Å². The van der Waals surface area contributed by atoms with Crippen molar-refractivity contribution in [1.29, 1.82) is 0 Å². The summed E-state index contributed by atoms with van der Waals surface area (Å²) in [5, 5.41) is 11.0. The smallest absolute Gasteiger partial charge is 0.299 e. The Morgan fingerprint density at radius 2 is 1.71 bits per heavy atom. The lowest BCUT2D eigenvalue weighted by atomic mass is 10.3. The highest BCUT2D eigenvalue weighted by atomic mass is 32.2. The maximum atomic E-state index is 12.5. The molecule has 1 N–H and O–H groups in total. The van der Waals surface area contributed by atoms with Gasteiger partial charge in [0.2, 0.25) is 0 Å². The van der Waals surface area contributed by atoms with Crippen molar-refractivity contribution >= 4 is 22.5 Å². The number of benzene rings is 2. The van der Waals surface area contributed by atoms with Gasteiger partial charge in [-0.05, 0) is 54.4 Å². The molecule has 1 atom stereocenters. The monoisotopic (exact) mass is 341 g/mol. The molecule has 0 aliphatic carbocycles. The molecule has 24 heavy (non-hydrogen) atoms. The molecule has 0 bridgehead atoms. The van der Waals surface area contributed by atoms with E-state index in [4.69, 9.17) is 0 Å². The van der Waals surface area contributed by atoms with E-state index in [1.807, 2.05) is 18.2 Å². The van der Waals surface area contributed by atoms with Gasteiger partial charge in [0, 0.05) is 4.90 Å². The van der Waals surface area contributed by atoms with E-state index in [2.05, 4.69) is 15.3 Å². The molecule has 0 aliphatic heterocycles. The zero-order chi connectivity index (χ0) is 17.1. The van der Waals surface area contributed by atoms with Gasteiger partial charge in [-0.3, -0.25) is 14.1 Å². The molecule has 0 saturated carbocycles. The van der Waals surface area contributed by atoms with Gasteiger partial charge < -0.3 is 4.55 Å². The maximum Gasteiger partial charge on any atom is 0.299 e. The van der Waals surface area contributed by atoms with Crippen LogP contribution >= 0.6 is 0 Å². The van der Waals surface area contributed by atoms with Crippen LogP contribution in [0.3, 0.4) is 0 Å². The zero-order valence-corrected chi connectivity index (χ0v) is 13.5. The summed E-state index contributed by atoms with van der Waals surface area (Å²) in [7, 11) is 0. The molecule has 1 unspecified atom stereocenters. The average molecular weight is 341 g/mol. The van der Waals surface area contributed by atoms with Crippen LogP contribution in [-0.2, 0) is 11.1 Å². The van der Waals surface area contributed by atoms with Crippen LogP contribution in [0.4, 0.5) is 11.4 Å². The summed E-state index contributed by atoms with van der Waals surface area (Å²) in [5.41, 5.74) is 1.64. The van der Waals surface area contributed by atoms with Gasteiger partial charge in [0.1, 0.15) is 0 Å². The molecule has 3 aromatic rings. The van der Waals surface area contributed by atoms with Crippen molar-refractivity contribution in [2.45, 2.75) is 11.8 Å². The first kappa shape index (κ1) is 16.0. The van der Waals surface area contributed by atoms with Crippen LogP contribution in [0.2, 0.25) is 0 Å². The fourth-order valence-corrected chi connectivity index (χ4v) is 2.50. The number of hydrogen-bond acceptors (Lipinski definition) is 5. The van der Waals surface area contributed by atoms with Gasteiger partial charge in [0.15, 0.2) is 5.69 Å². The van der Waals surface area contributed by atoms with Crippen molar-refractivity contribution in [1.82, 2.24) is 9.78 Å². The molecule has 0 fully saturated rings. The van der Waals surface area contributed by atoms with Gasteiger partial charge in [-0.15, -0.1) is 5.11 Å². The van der Waals surface area contributed by atoms with Crippen LogP contribution in [0.5, 0.6) is 0 Å². The van der Waals surface area contributed by atoms with E-state index in [0.717, 1.165) is 0 Å². The summed E-state index contributed by atoms with van der Waals surface area (Å²) in [4.78, 5) is 12.6. The largest absolute Gasteiger partial charge is 0.768 e. The summed E-state index contributed by atoms with van der Waals surface area (Å²) >= 11 is -2.28. The maximum absolute atomic E-state index is 12.5. The number of nitrogens with one attached hydrogen (secondary N) is 1. The van der Waals surface area contributed by atoms with E-state index < -0.39 is 11.1 Å². The Hall–Kier alpha value is -2.84. The lowest BCUT2D eigenvalue weighted by Crippen LogP contribution is -2.13. The van der Waals surface area contributed by atoms with Gasteiger partial charge in [-0.1, -0.05) is 18.2 Å². The predicted molar refractivity (Wildman–Crippen MR) is 88.9 cm³/mol. The SMILES string of the molecule is Cc1[nH]n(-c2ccccc2)c(=O)c1N=Nc1ccc(S(=O)[O-])cc1. The van der Waals surface area contributed by atoms with Crippen molar-refractivity contribution in [2.75, 3.05) is 0 Å². The van der Waals surface area contributed by atoms with Gasteiger partial charge in [-0.2, -0.15) is 5.11 Å². The highest BCUT2D eigenvalue weighted by molar-refractivity contribution is 7.79. The number of aromatic amines is 1. The predicted octanol–water partition coefficient (Wildman–Crippen LogP) is 3.13. The second kappa shape index (κ2) is 6.73. The average Bonchev–Trinajstić information content (AvgIpc) is 2.88. The lowest BCUT2D eigenvalue weighted by molar-refractivity contribution is 0.537. The second-order valence-corrected chi connectivity index (χ2v) is 5.93. The number of aryl methyl sites for hydroxylation is 1. The molecule has 0 aliphatic rings. The molecule has 7 nitrogen and oxygen atoms in total. The Balaban J connectivity index is 1.92. The summed E-state index contributed by atoms with van der Waals surface area (Å²) in [6.45, 7) is 1.73. The first-order valence-electron chi connectivity index (χ1n) is 7.04. The van der Waals surface area contributed by atoms with Crippen LogP contribution in [0.25, 0.3) is 5.69 Å². The highest BCUT2D eigenvalue weighted by Crippen LogP contribution is 2.20.